The van der Waals surface area contributed by atoms with Crippen molar-refractivity contribution in [2.24, 2.45) is 0 Å². The molecular formula is C26H30N2O3. The lowest BCUT2D eigenvalue weighted by atomic mass is 9.98. The summed E-state index contributed by atoms with van der Waals surface area (Å²) in [6.07, 6.45) is 1.05. The Morgan fingerprint density at radius 1 is 0.935 bits per heavy atom. The molecule has 1 aromatic heterocycles. The molecule has 0 saturated carbocycles. The predicted octanol–water partition coefficient (Wildman–Crippen LogP) is 5.04. The van der Waals surface area contributed by atoms with Crippen molar-refractivity contribution in [1.29, 1.82) is 0 Å². The van der Waals surface area contributed by atoms with Crippen molar-refractivity contribution in [1.82, 2.24) is 10.2 Å². The standard InChI is InChI=1S/C26H30N2O3/c1-4-16-28(26(30)23-18-19(2)31-20(23)3)17-15-24(29)27-25(21-11-7-5-8-12-21)22-13-9-6-10-14-22/h5-14,18,25H,4,15-17H2,1-3H3,(H,27,29). The molecule has 5 nitrogen and oxygen atoms in total. The van der Waals surface area contributed by atoms with Gasteiger partial charge in [0.15, 0.2) is 0 Å². The van der Waals surface area contributed by atoms with Crippen molar-refractivity contribution in [2.75, 3.05) is 13.1 Å². The second kappa shape index (κ2) is 10.6. The molecule has 2 aromatic carbocycles. The zero-order chi connectivity index (χ0) is 22.2. The monoisotopic (exact) mass is 418 g/mol. The smallest absolute Gasteiger partial charge is 0.257 e. The molecule has 0 unspecified atom stereocenters. The van der Waals surface area contributed by atoms with Gasteiger partial charge in [0, 0.05) is 19.5 Å². The first kappa shape index (κ1) is 22.3. The minimum absolute atomic E-state index is 0.0910. The van der Waals surface area contributed by atoms with Gasteiger partial charge in [-0.2, -0.15) is 0 Å². The summed E-state index contributed by atoms with van der Waals surface area (Å²) in [6, 6.07) is 21.4. The molecule has 0 atom stereocenters. The molecule has 1 heterocycles. The van der Waals surface area contributed by atoms with Crippen molar-refractivity contribution < 1.29 is 14.0 Å². The Hall–Kier alpha value is -3.34. The van der Waals surface area contributed by atoms with Crippen molar-refractivity contribution in [3.8, 4) is 0 Å². The first-order valence-electron chi connectivity index (χ1n) is 10.7. The Kier molecular flexibility index (Phi) is 7.65. The maximum atomic E-state index is 13.0. The summed E-state index contributed by atoms with van der Waals surface area (Å²) < 4.78 is 5.51. The Morgan fingerprint density at radius 2 is 1.52 bits per heavy atom. The SMILES string of the molecule is CCCN(CCC(=O)NC(c1ccccc1)c1ccccc1)C(=O)c1cc(C)oc1C. The van der Waals surface area contributed by atoms with Gasteiger partial charge in [0.05, 0.1) is 11.6 Å². The molecule has 31 heavy (non-hydrogen) atoms. The number of aryl methyl sites for hydroxylation is 2. The number of nitrogens with zero attached hydrogens (tertiary/aromatic N) is 1. The van der Waals surface area contributed by atoms with Crippen LogP contribution in [0.5, 0.6) is 0 Å². The number of benzene rings is 2. The van der Waals surface area contributed by atoms with Crippen LogP contribution in [0.3, 0.4) is 0 Å². The number of rotatable bonds is 9. The Balaban J connectivity index is 1.69. The quantitative estimate of drug-likeness (QED) is 0.529. The molecular weight excluding hydrogens is 388 g/mol. The zero-order valence-electron chi connectivity index (χ0n) is 18.4. The summed E-state index contributed by atoms with van der Waals surface area (Å²) in [6.45, 7) is 6.60. The van der Waals surface area contributed by atoms with Crippen LogP contribution < -0.4 is 5.32 Å². The van der Waals surface area contributed by atoms with E-state index in [1.165, 1.54) is 0 Å². The maximum absolute atomic E-state index is 13.0. The first-order valence-corrected chi connectivity index (χ1v) is 10.7. The highest BCUT2D eigenvalue weighted by Gasteiger charge is 2.22. The molecule has 0 radical (unpaired) electrons. The zero-order valence-corrected chi connectivity index (χ0v) is 18.4. The molecule has 5 heteroatoms. The summed E-state index contributed by atoms with van der Waals surface area (Å²) in [4.78, 5) is 27.6. The van der Waals surface area contributed by atoms with Crippen molar-refractivity contribution in [2.45, 2.75) is 39.7 Å². The molecule has 3 rings (SSSR count). The molecule has 2 amide bonds. The van der Waals surface area contributed by atoms with E-state index in [-0.39, 0.29) is 24.3 Å². The highest BCUT2D eigenvalue weighted by molar-refractivity contribution is 5.95. The van der Waals surface area contributed by atoms with Crippen LogP contribution in [0.25, 0.3) is 0 Å². The average Bonchev–Trinajstić information content (AvgIpc) is 3.13. The molecule has 0 spiro atoms. The van der Waals surface area contributed by atoms with E-state index in [9.17, 15) is 9.59 Å². The van der Waals surface area contributed by atoms with Crippen LogP contribution in [0.15, 0.2) is 71.1 Å². The molecule has 0 aliphatic heterocycles. The van der Waals surface area contributed by atoms with Gasteiger partial charge in [-0.15, -0.1) is 0 Å². The van der Waals surface area contributed by atoms with E-state index in [2.05, 4.69) is 5.32 Å². The van der Waals surface area contributed by atoms with Crippen LogP contribution in [-0.4, -0.2) is 29.8 Å². The molecule has 1 N–H and O–H groups in total. The van der Waals surface area contributed by atoms with E-state index >= 15 is 0 Å². The van der Waals surface area contributed by atoms with E-state index in [1.807, 2.05) is 74.5 Å². The van der Waals surface area contributed by atoms with E-state index in [0.717, 1.165) is 17.5 Å². The molecule has 162 valence electrons. The van der Waals surface area contributed by atoms with Crippen LogP contribution >= 0.6 is 0 Å². The van der Waals surface area contributed by atoms with Crippen molar-refractivity contribution >= 4 is 11.8 Å². The number of carbonyl (C=O) groups is 2. The van der Waals surface area contributed by atoms with Gasteiger partial charge in [-0.25, -0.2) is 0 Å². The third kappa shape index (κ3) is 5.85. The number of furan rings is 1. The molecule has 0 aliphatic rings. The largest absolute Gasteiger partial charge is 0.466 e. The highest BCUT2D eigenvalue weighted by Crippen LogP contribution is 2.22. The number of hydrogen-bond acceptors (Lipinski definition) is 3. The minimum atomic E-state index is -0.232. The minimum Gasteiger partial charge on any atom is -0.466 e. The van der Waals surface area contributed by atoms with Gasteiger partial charge in [-0.3, -0.25) is 9.59 Å². The fourth-order valence-electron chi connectivity index (χ4n) is 3.72. The topological polar surface area (TPSA) is 62.6 Å². The van der Waals surface area contributed by atoms with E-state index in [1.54, 1.807) is 17.9 Å². The molecule has 3 aromatic rings. The summed E-state index contributed by atoms with van der Waals surface area (Å²) in [5.74, 6) is 1.14. The summed E-state index contributed by atoms with van der Waals surface area (Å²) in [5, 5.41) is 3.15. The molecule has 0 saturated heterocycles. The van der Waals surface area contributed by atoms with Gasteiger partial charge >= 0.3 is 0 Å². The number of amides is 2. The number of hydrogen-bond donors (Lipinski definition) is 1. The van der Waals surface area contributed by atoms with Gasteiger partial charge in [-0.1, -0.05) is 67.6 Å². The second-order valence-corrected chi connectivity index (χ2v) is 7.69. The number of carbonyl (C=O) groups excluding carboxylic acids is 2. The van der Waals surface area contributed by atoms with Crippen molar-refractivity contribution in [3.63, 3.8) is 0 Å². The van der Waals surface area contributed by atoms with Crippen LogP contribution in [-0.2, 0) is 4.79 Å². The lowest BCUT2D eigenvalue weighted by Crippen LogP contribution is -2.37. The fraction of sp³-hybridized carbons (Fsp3) is 0.308. The molecule has 0 aliphatic carbocycles. The predicted molar refractivity (Wildman–Crippen MR) is 122 cm³/mol. The normalized spacial score (nSPS) is 10.8. The van der Waals surface area contributed by atoms with Crippen molar-refractivity contribution in [3.05, 3.63) is 94.9 Å². The summed E-state index contributed by atoms with van der Waals surface area (Å²) in [7, 11) is 0. The maximum Gasteiger partial charge on any atom is 0.257 e. The first-order chi connectivity index (χ1) is 15.0. The van der Waals surface area contributed by atoms with Gasteiger partial charge < -0.3 is 14.6 Å². The van der Waals surface area contributed by atoms with E-state index in [4.69, 9.17) is 4.42 Å². The third-order valence-electron chi connectivity index (χ3n) is 5.23. The van der Waals surface area contributed by atoms with Gasteiger partial charge in [0.25, 0.3) is 5.91 Å². The highest BCUT2D eigenvalue weighted by atomic mass is 16.3. The summed E-state index contributed by atoms with van der Waals surface area (Å²) >= 11 is 0. The average molecular weight is 419 g/mol. The lowest BCUT2D eigenvalue weighted by Gasteiger charge is -2.23. The van der Waals surface area contributed by atoms with E-state index in [0.29, 0.717) is 30.2 Å². The van der Waals surface area contributed by atoms with Crippen LogP contribution in [0.4, 0.5) is 0 Å². The van der Waals surface area contributed by atoms with Crippen LogP contribution in [0.2, 0.25) is 0 Å². The second-order valence-electron chi connectivity index (χ2n) is 7.69. The molecule has 0 bridgehead atoms. The van der Waals surface area contributed by atoms with Gasteiger partial charge in [0.1, 0.15) is 11.5 Å². The lowest BCUT2D eigenvalue weighted by molar-refractivity contribution is -0.121. The Bertz CT molecular complexity index is 957. The van der Waals surface area contributed by atoms with Gasteiger partial charge in [0.2, 0.25) is 5.91 Å². The Labute approximate surface area is 184 Å². The third-order valence-corrected chi connectivity index (χ3v) is 5.23. The number of nitrogens with one attached hydrogen (secondary N) is 1. The van der Waals surface area contributed by atoms with Crippen LogP contribution in [0, 0.1) is 13.8 Å². The summed E-state index contributed by atoms with van der Waals surface area (Å²) in [5.41, 5.74) is 2.61. The van der Waals surface area contributed by atoms with Crippen LogP contribution in [0.1, 0.15) is 58.8 Å². The van der Waals surface area contributed by atoms with E-state index < -0.39 is 0 Å². The Morgan fingerprint density at radius 3 is 2.00 bits per heavy atom. The van der Waals surface area contributed by atoms with Gasteiger partial charge in [-0.05, 0) is 37.5 Å². The molecule has 0 fully saturated rings. The fourth-order valence-corrected chi connectivity index (χ4v) is 3.72.